The Balaban J connectivity index is 0.000000153. The van der Waals surface area contributed by atoms with Gasteiger partial charge < -0.3 is 59.8 Å². The maximum Gasteiger partial charge on any atom is 0.339 e. The standard InChI is InChI=1S/2C21H28O4.2C20H26O4/c1-5-6-7-13-11-16-18(19(22)17(13)20(23)24)14-10-12(2)8-9-15(14)21(3,4)25-16;1-5-6-7-13-11-16(22)18-14-10-12(2)8-9-15(14)21(3,4)25-19(18)17(13)20(23)24;1-5-6-12-10-15-17(18(21)16(12)19(22)23)13-9-11(2)7-8-14(13)20(3,4)24-15;1-5-6-12-10-15(21)17-13-9-11(2)7-8-14(13)20(3,4)24-18(17)16(12)19(22)23/h2*10-11,14-15,22H,5-9H2,1-4H3,(H,23,24);2*9-10,13-14,21H,5-8H2,1-4H3,(H,22,23)/t2*14-,15-;2*13-,14-/m1111/s1. The van der Waals surface area contributed by atoms with E-state index in [1.165, 1.54) is 22.3 Å². The van der Waals surface area contributed by atoms with Gasteiger partial charge in [0.1, 0.15) is 90.7 Å². The van der Waals surface area contributed by atoms with Gasteiger partial charge in [0.2, 0.25) is 0 Å². The monoisotopic (exact) mass is 1350 g/mol. The number of aryl methyl sites for hydroxylation is 4. The van der Waals surface area contributed by atoms with Crippen LogP contribution in [-0.4, -0.2) is 87.1 Å². The summed E-state index contributed by atoms with van der Waals surface area (Å²) in [6.45, 7) is 33.0. The lowest BCUT2D eigenvalue weighted by Crippen LogP contribution is -2.45. The number of benzene rings is 4. The quantitative estimate of drug-likeness (QED) is 0.0545. The van der Waals surface area contributed by atoms with Crippen molar-refractivity contribution < 1.29 is 79.0 Å². The van der Waals surface area contributed by atoms with Gasteiger partial charge in [-0.25, -0.2) is 19.2 Å². The van der Waals surface area contributed by atoms with Crippen LogP contribution < -0.4 is 18.9 Å². The normalized spacial score (nSPS) is 24.2. The Morgan fingerprint density at radius 2 is 0.643 bits per heavy atom. The van der Waals surface area contributed by atoms with Gasteiger partial charge in [-0.15, -0.1) is 0 Å². The van der Waals surface area contributed by atoms with E-state index < -0.39 is 35.1 Å². The first kappa shape index (κ1) is 74.3. The minimum atomic E-state index is -1.07. The summed E-state index contributed by atoms with van der Waals surface area (Å²) in [6, 6.07) is 6.96. The van der Waals surface area contributed by atoms with Gasteiger partial charge in [-0.2, -0.15) is 0 Å². The van der Waals surface area contributed by atoms with Gasteiger partial charge in [0.15, 0.2) is 0 Å². The predicted octanol–water partition coefficient (Wildman–Crippen LogP) is 19.4. The minimum Gasteiger partial charge on any atom is -0.507 e. The minimum absolute atomic E-state index is 0.00539. The van der Waals surface area contributed by atoms with Gasteiger partial charge in [-0.05, 0) is 219 Å². The van der Waals surface area contributed by atoms with E-state index in [1.54, 1.807) is 12.1 Å². The van der Waals surface area contributed by atoms with Crippen molar-refractivity contribution in [3.8, 4) is 46.0 Å². The van der Waals surface area contributed by atoms with Crippen molar-refractivity contribution >= 4 is 23.9 Å². The summed E-state index contributed by atoms with van der Waals surface area (Å²) in [5.41, 5.74) is 9.29. The molecule has 8 aliphatic rings. The highest BCUT2D eigenvalue weighted by Gasteiger charge is 2.51. The molecule has 0 fully saturated rings. The Hall–Kier alpha value is -7.88. The molecule has 12 rings (SSSR count). The van der Waals surface area contributed by atoms with E-state index in [0.717, 1.165) is 89.9 Å². The molecule has 0 saturated heterocycles. The number of hydrogen-bond acceptors (Lipinski definition) is 12. The fourth-order valence-corrected chi connectivity index (χ4v) is 17.5. The third kappa shape index (κ3) is 14.6. The molecule has 16 nitrogen and oxygen atoms in total. The average molecular weight is 1350 g/mol. The molecule has 4 aliphatic carbocycles. The van der Waals surface area contributed by atoms with Crippen LogP contribution in [0.1, 0.15) is 310 Å². The van der Waals surface area contributed by atoms with Crippen molar-refractivity contribution in [3.63, 3.8) is 0 Å². The summed E-state index contributed by atoms with van der Waals surface area (Å²) in [5, 5.41) is 82.0. The Morgan fingerprint density at radius 3 is 0.929 bits per heavy atom. The average Bonchev–Trinajstić information content (AvgIpc) is 0.754. The zero-order valence-electron chi connectivity index (χ0n) is 60.8. The third-order valence-electron chi connectivity index (χ3n) is 22.4. The molecule has 0 aromatic heterocycles. The van der Waals surface area contributed by atoms with Crippen LogP contribution in [0, 0.1) is 23.7 Å². The first-order chi connectivity index (χ1) is 46.0. The molecule has 4 aromatic carbocycles. The molecule has 0 amide bonds. The lowest BCUT2D eigenvalue weighted by Gasteiger charge is -2.47. The zero-order valence-corrected chi connectivity index (χ0v) is 60.8. The number of carboxylic acids is 4. The van der Waals surface area contributed by atoms with E-state index >= 15 is 0 Å². The highest BCUT2D eigenvalue weighted by Crippen LogP contribution is 2.59. The molecule has 0 saturated carbocycles. The summed E-state index contributed by atoms with van der Waals surface area (Å²) >= 11 is 0. The van der Waals surface area contributed by atoms with Crippen LogP contribution in [0.4, 0.5) is 0 Å². The van der Waals surface area contributed by atoms with E-state index in [4.69, 9.17) is 18.9 Å². The number of aromatic hydroxyl groups is 4. The summed E-state index contributed by atoms with van der Waals surface area (Å²) in [6.07, 6.45) is 24.6. The first-order valence-electron chi connectivity index (χ1n) is 36.0. The van der Waals surface area contributed by atoms with Crippen molar-refractivity contribution in [1.29, 1.82) is 0 Å². The van der Waals surface area contributed by atoms with Crippen molar-refractivity contribution in [3.05, 3.63) is 138 Å². The zero-order chi connectivity index (χ0) is 72.0. The number of phenolic OH excluding ortho intramolecular Hbond substituents is 2. The van der Waals surface area contributed by atoms with E-state index in [1.807, 2.05) is 53.7 Å². The highest BCUT2D eigenvalue weighted by molar-refractivity contribution is 5.96. The molecular formula is C82H108O16. The summed E-state index contributed by atoms with van der Waals surface area (Å²) in [4.78, 5) is 47.5. The number of rotatable bonds is 14. The molecule has 0 bridgehead atoms. The van der Waals surface area contributed by atoms with Crippen molar-refractivity contribution in [2.45, 2.75) is 272 Å². The number of hydrogen-bond donors (Lipinski definition) is 8. The predicted molar refractivity (Wildman–Crippen MR) is 381 cm³/mol. The number of unbranched alkanes of at least 4 members (excludes halogenated alkanes) is 2. The topological polar surface area (TPSA) is 267 Å². The fraction of sp³-hybridized carbons (Fsp3) is 0.561. The number of fused-ring (bicyclic) bond motifs is 12. The highest BCUT2D eigenvalue weighted by atomic mass is 16.5. The third-order valence-corrected chi connectivity index (χ3v) is 22.4. The van der Waals surface area contributed by atoms with Crippen molar-refractivity contribution in [2.24, 2.45) is 23.7 Å². The molecule has 0 spiro atoms. The molecule has 0 unspecified atom stereocenters. The Bertz CT molecular complexity index is 3820. The van der Waals surface area contributed by atoms with Gasteiger partial charge in [-0.3, -0.25) is 0 Å². The Labute approximate surface area is 579 Å². The van der Waals surface area contributed by atoms with Crippen LogP contribution >= 0.6 is 0 Å². The van der Waals surface area contributed by atoms with Gasteiger partial charge in [0.05, 0.1) is 0 Å². The van der Waals surface area contributed by atoms with Crippen LogP contribution in [0.5, 0.6) is 46.0 Å². The molecule has 8 atom stereocenters. The number of ether oxygens (including phenoxy) is 4. The van der Waals surface area contributed by atoms with E-state index in [0.29, 0.717) is 93.2 Å². The molecule has 16 heteroatoms. The SMILES string of the molecule is CCCCc1cc(O)c2c(c1C(=O)O)OC(C)(C)[C@@H]1CCC(C)=C[C@@H]21.CCCCc1cc2c(c(O)c1C(=O)O)[C@@H]1C=C(C)CC[C@H]1C(C)(C)O2.CCCc1cc(O)c2c(c1C(=O)O)OC(C)(C)[C@@H]1CCC(C)=C[C@@H]21.CCCc1cc2c(c(O)c1C(=O)O)[C@@H]1C=C(C)CC[C@H]1C(C)(C)O2. The number of carbonyl (C=O) groups is 4. The van der Waals surface area contributed by atoms with Crippen LogP contribution in [0.3, 0.4) is 0 Å². The number of allylic oxidation sites excluding steroid dienone is 8. The lowest BCUT2D eigenvalue weighted by atomic mass is 9.67. The second-order valence-electron chi connectivity index (χ2n) is 31.2. The van der Waals surface area contributed by atoms with Gasteiger partial charge >= 0.3 is 23.9 Å². The smallest absolute Gasteiger partial charge is 0.339 e. The maximum absolute atomic E-state index is 12.0. The van der Waals surface area contributed by atoms with E-state index in [-0.39, 0.29) is 104 Å². The van der Waals surface area contributed by atoms with Crippen LogP contribution in [0.25, 0.3) is 0 Å². The fourth-order valence-electron chi connectivity index (χ4n) is 17.5. The van der Waals surface area contributed by atoms with Gasteiger partial charge in [0, 0.05) is 69.6 Å². The molecule has 4 heterocycles. The number of phenols is 4. The Morgan fingerprint density at radius 1 is 0.378 bits per heavy atom. The van der Waals surface area contributed by atoms with Gasteiger partial charge in [0.25, 0.3) is 0 Å². The van der Waals surface area contributed by atoms with Crippen molar-refractivity contribution in [2.75, 3.05) is 0 Å². The summed E-state index contributed by atoms with van der Waals surface area (Å²) in [5.74, 6) is -1.01. The summed E-state index contributed by atoms with van der Waals surface area (Å²) < 4.78 is 25.0. The lowest BCUT2D eigenvalue weighted by molar-refractivity contribution is 0.00863. The van der Waals surface area contributed by atoms with Crippen LogP contribution in [0.15, 0.2) is 70.9 Å². The van der Waals surface area contributed by atoms with E-state index in [2.05, 4.69) is 93.5 Å². The number of carboxylic acid groups (broad SMARTS) is 4. The van der Waals surface area contributed by atoms with Crippen LogP contribution in [-0.2, 0) is 25.7 Å². The maximum atomic E-state index is 12.0. The molecule has 4 aliphatic heterocycles. The summed E-state index contributed by atoms with van der Waals surface area (Å²) in [7, 11) is 0. The van der Waals surface area contributed by atoms with Crippen LogP contribution in [0.2, 0.25) is 0 Å². The molecule has 4 aromatic rings. The number of aromatic carboxylic acids is 4. The second kappa shape index (κ2) is 29.1. The largest absolute Gasteiger partial charge is 0.507 e. The molecule has 8 N–H and O–H groups in total. The molecule has 532 valence electrons. The van der Waals surface area contributed by atoms with Gasteiger partial charge in [-0.1, -0.05) is 100.0 Å². The van der Waals surface area contributed by atoms with Crippen molar-refractivity contribution in [1.82, 2.24) is 0 Å². The second-order valence-corrected chi connectivity index (χ2v) is 31.2. The van der Waals surface area contributed by atoms with E-state index in [9.17, 15) is 60.0 Å². The Kier molecular flexibility index (Phi) is 22.1. The molecular weight excluding hydrogens is 1240 g/mol. The first-order valence-corrected chi connectivity index (χ1v) is 36.0. The molecule has 0 radical (unpaired) electrons. The molecule has 98 heavy (non-hydrogen) atoms.